The fourth-order valence-electron chi connectivity index (χ4n) is 8.15. The topological polar surface area (TPSA) is 117 Å². The van der Waals surface area contributed by atoms with Crippen molar-refractivity contribution in [2.45, 2.75) is 94.1 Å². The minimum absolute atomic E-state index is 0.0106. The zero-order valence-corrected chi connectivity index (χ0v) is 34.5. The van der Waals surface area contributed by atoms with E-state index in [1.807, 2.05) is 110 Å². The highest BCUT2D eigenvalue weighted by molar-refractivity contribution is 7.89. The third-order valence-electron chi connectivity index (χ3n) is 11.4. The van der Waals surface area contributed by atoms with Crippen LogP contribution >= 0.6 is 0 Å². The molecule has 1 aliphatic carbocycles. The van der Waals surface area contributed by atoms with Crippen LogP contribution in [0.1, 0.15) is 77.9 Å². The van der Waals surface area contributed by atoms with Gasteiger partial charge in [-0.15, -0.1) is 6.58 Å². The maximum absolute atomic E-state index is 13.7. The molecule has 59 heavy (non-hydrogen) atoms. The second-order valence-corrected chi connectivity index (χ2v) is 17.5. The number of nitrogens with zero attached hydrogens (tertiary/aromatic N) is 1. The van der Waals surface area contributed by atoms with Crippen LogP contribution in [0.4, 0.5) is 0 Å². The number of hydrogen-bond donors (Lipinski definition) is 3. The molecule has 5 aromatic rings. The van der Waals surface area contributed by atoms with E-state index in [9.17, 15) is 18.3 Å². The summed E-state index contributed by atoms with van der Waals surface area (Å²) in [6.07, 6.45) is 6.92. The van der Waals surface area contributed by atoms with E-state index < -0.39 is 28.3 Å². The Morgan fingerprint density at radius 3 is 2.24 bits per heavy atom. The summed E-state index contributed by atoms with van der Waals surface area (Å²) in [5.74, 6) is -0.418. The number of amides is 1. The first-order chi connectivity index (χ1) is 28.7. The molecule has 7 rings (SSSR count). The summed E-state index contributed by atoms with van der Waals surface area (Å²) in [7, 11) is -3.97. The molecule has 10 heteroatoms. The molecule has 1 saturated heterocycles. The first-order valence-electron chi connectivity index (χ1n) is 20.6. The van der Waals surface area contributed by atoms with Gasteiger partial charge in [0.2, 0.25) is 15.9 Å². The second kappa shape index (κ2) is 19.9. The van der Waals surface area contributed by atoms with Crippen LogP contribution in [-0.2, 0) is 43.9 Å². The predicted octanol–water partition coefficient (Wildman–Crippen LogP) is 8.34. The second-order valence-electron chi connectivity index (χ2n) is 15.8. The van der Waals surface area contributed by atoms with E-state index in [1.54, 1.807) is 24.3 Å². The minimum atomic E-state index is -3.97. The van der Waals surface area contributed by atoms with Gasteiger partial charge in [-0.05, 0) is 83.8 Å². The van der Waals surface area contributed by atoms with Crippen molar-refractivity contribution in [2.75, 3.05) is 13.1 Å². The van der Waals surface area contributed by atoms with Crippen LogP contribution in [0.15, 0.2) is 145 Å². The lowest BCUT2D eigenvalue weighted by molar-refractivity contribution is -0.253. The molecule has 9 nitrogen and oxygen atoms in total. The molecular formula is C49H55N3O6S. The highest BCUT2D eigenvalue weighted by Crippen LogP contribution is 2.40. The number of carbonyl (C=O) groups excluding carboxylic acids is 1. The largest absolute Gasteiger partial charge is 0.392 e. The van der Waals surface area contributed by atoms with E-state index in [-0.39, 0.29) is 36.7 Å². The Morgan fingerprint density at radius 2 is 1.53 bits per heavy atom. The van der Waals surface area contributed by atoms with Crippen molar-refractivity contribution in [1.82, 2.24) is 14.9 Å². The molecule has 4 atom stereocenters. The van der Waals surface area contributed by atoms with Gasteiger partial charge in [0.05, 0.1) is 23.7 Å². The lowest BCUT2D eigenvalue weighted by Crippen LogP contribution is -2.47. The zero-order chi connectivity index (χ0) is 41.2. The highest BCUT2D eigenvalue weighted by Gasteiger charge is 2.35. The normalized spacial score (nSPS) is 19.1. The number of hydrogen-bond acceptors (Lipinski definition) is 7. The molecular weight excluding hydrogens is 759 g/mol. The standard InChI is InChI=1S/C49H55N3O6S/c1-3-27-52(43-17-7-8-18-43)33-44-31-47(39-23-21-37(34-53)22-24-39)58-49(57-44)42-16-10-15-41(30-42)40-14-9-13-38(28-40)32-50-48(54)46(29-36-11-5-4-6-12-36)51-59(55,56)45-25-19-35(2)20-26-45/h3-6,9-16,19-26,28,30,43-44,46-47,49,51,53H,1,7-8,17-18,27,29,31-34H2,2H3,(H,50,54)/t44-,46-,47+,49+/m1/s1. The Bertz CT molecular complexity index is 2260. The molecule has 0 unspecified atom stereocenters. The summed E-state index contributed by atoms with van der Waals surface area (Å²) in [5, 5.41) is 12.7. The van der Waals surface area contributed by atoms with Crippen molar-refractivity contribution in [3.8, 4) is 11.1 Å². The Morgan fingerprint density at radius 1 is 0.831 bits per heavy atom. The van der Waals surface area contributed by atoms with Crippen molar-refractivity contribution in [3.05, 3.63) is 173 Å². The number of aryl methyl sites for hydroxylation is 1. The quantitative estimate of drug-likeness (QED) is 0.0809. The third kappa shape index (κ3) is 11.2. The Kier molecular flexibility index (Phi) is 14.2. The molecule has 308 valence electrons. The molecule has 1 heterocycles. The number of aliphatic hydroxyl groups excluding tert-OH is 1. The zero-order valence-electron chi connectivity index (χ0n) is 33.7. The molecule has 3 N–H and O–H groups in total. The monoisotopic (exact) mass is 813 g/mol. The van der Waals surface area contributed by atoms with Crippen molar-refractivity contribution in [3.63, 3.8) is 0 Å². The van der Waals surface area contributed by atoms with Crippen molar-refractivity contribution in [1.29, 1.82) is 0 Å². The number of nitrogens with one attached hydrogen (secondary N) is 2. The summed E-state index contributed by atoms with van der Waals surface area (Å²) >= 11 is 0. The lowest BCUT2D eigenvalue weighted by atomic mass is 9.98. The molecule has 0 spiro atoms. The fraction of sp³-hybridized carbons (Fsp3) is 0.327. The van der Waals surface area contributed by atoms with Gasteiger partial charge in [-0.1, -0.05) is 128 Å². The van der Waals surface area contributed by atoms with E-state index >= 15 is 0 Å². The number of ether oxygens (including phenoxy) is 2. The van der Waals surface area contributed by atoms with Gasteiger partial charge in [0.15, 0.2) is 6.29 Å². The Labute approximate surface area is 349 Å². The fourth-order valence-corrected chi connectivity index (χ4v) is 9.35. The van der Waals surface area contributed by atoms with Crippen LogP contribution in [0.5, 0.6) is 0 Å². The van der Waals surface area contributed by atoms with Crippen molar-refractivity contribution >= 4 is 15.9 Å². The van der Waals surface area contributed by atoms with Gasteiger partial charge in [0.1, 0.15) is 6.04 Å². The average Bonchev–Trinajstić information content (AvgIpc) is 3.81. The van der Waals surface area contributed by atoms with Gasteiger partial charge in [-0.25, -0.2) is 8.42 Å². The van der Waals surface area contributed by atoms with Crippen LogP contribution in [0, 0.1) is 6.92 Å². The van der Waals surface area contributed by atoms with Crippen molar-refractivity contribution < 1.29 is 27.8 Å². The number of sulfonamides is 1. The maximum atomic E-state index is 13.7. The Hall–Kier alpha value is -4.94. The van der Waals surface area contributed by atoms with Gasteiger partial charge in [-0.3, -0.25) is 9.69 Å². The number of benzene rings is 5. The van der Waals surface area contributed by atoms with Gasteiger partial charge >= 0.3 is 0 Å². The lowest BCUT2D eigenvalue weighted by Gasteiger charge is -2.39. The average molecular weight is 814 g/mol. The highest BCUT2D eigenvalue weighted by atomic mass is 32.2. The number of carbonyl (C=O) groups is 1. The smallest absolute Gasteiger partial charge is 0.241 e. The molecule has 2 aliphatic rings. The SMILES string of the molecule is C=CCN(C[C@H]1C[C@@H](c2ccc(CO)cc2)O[C@@H](c2cccc(-c3cccc(CNC(=O)[C@@H](Cc4ccccc4)NS(=O)(=O)c4ccc(C)cc4)c3)c2)O1)C1CCCC1. The summed E-state index contributed by atoms with van der Waals surface area (Å²) in [4.78, 5) is 16.4. The maximum Gasteiger partial charge on any atom is 0.241 e. The van der Waals surface area contributed by atoms with Crippen LogP contribution in [0.25, 0.3) is 11.1 Å². The van der Waals surface area contributed by atoms with Crippen LogP contribution < -0.4 is 10.0 Å². The summed E-state index contributed by atoms with van der Waals surface area (Å²) < 4.78 is 43.0. The van der Waals surface area contributed by atoms with Crippen LogP contribution in [-0.4, -0.2) is 55.6 Å². The number of rotatable bonds is 17. The minimum Gasteiger partial charge on any atom is -0.392 e. The van der Waals surface area contributed by atoms with Crippen molar-refractivity contribution in [2.24, 2.45) is 0 Å². The summed E-state index contributed by atoms with van der Waals surface area (Å²) in [6.45, 7) is 7.74. The van der Waals surface area contributed by atoms with Crippen LogP contribution in [0.3, 0.4) is 0 Å². The van der Waals surface area contributed by atoms with E-state index in [0.717, 1.165) is 57.6 Å². The van der Waals surface area contributed by atoms with Gasteiger partial charge < -0.3 is 19.9 Å². The van der Waals surface area contributed by atoms with E-state index in [0.29, 0.717) is 12.5 Å². The molecule has 1 saturated carbocycles. The molecule has 1 amide bonds. The van der Waals surface area contributed by atoms with Crippen LogP contribution in [0.2, 0.25) is 0 Å². The molecule has 5 aromatic carbocycles. The number of aliphatic hydroxyl groups is 1. The molecule has 1 aliphatic heterocycles. The predicted molar refractivity (Wildman–Crippen MR) is 232 cm³/mol. The van der Waals surface area contributed by atoms with E-state index in [2.05, 4.69) is 27.6 Å². The molecule has 0 radical (unpaired) electrons. The molecule has 0 bridgehead atoms. The first-order valence-corrected chi connectivity index (χ1v) is 22.1. The first kappa shape index (κ1) is 42.2. The van der Waals surface area contributed by atoms with Gasteiger partial charge in [0.25, 0.3) is 0 Å². The van der Waals surface area contributed by atoms with Gasteiger partial charge in [0, 0.05) is 37.7 Å². The van der Waals surface area contributed by atoms with E-state index in [4.69, 9.17) is 9.47 Å². The van der Waals surface area contributed by atoms with E-state index in [1.165, 1.54) is 25.7 Å². The van der Waals surface area contributed by atoms with Gasteiger partial charge in [-0.2, -0.15) is 4.72 Å². The third-order valence-corrected chi connectivity index (χ3v) is 12.9. The Balaban J connectivity index is 1.07. The summed E-state index contributed by atoms with van der Waals surface area (Å²) in [5.41, 5.74) is 7.40. The summed E-state index contributed by atoms with van der Waals surface area (Å²) in [6, 6.07) is 39.6. The molecule has 0 aromatic heterocycles. The molecule has 2 fully saturated rings.